The number of aromatic nitrogens is 1. The van der Waals surface area contributed by atoms with Crippen LogP contribution in [0.3, 0.4) is 0 Å². The molecule has 5 nitrogen and oxygen atoms in total. The average molecular weight is 334 g/mol. The third-order valence-corrected chi connectivity index (χ3v) is 3.04. The van der Waals surface area contributed by atoms with Gasteiger partial charge in [-0.3, -0.25) is 9.78 Å². The van der Waals surface area contributed by atoms with Gasteiger partial charge in [0.15, 0.2) is 0 Å². The van der Waals surface area contributed by atoms with Crippen LogP contribution in [0, 0.1) is 6.92 Å². The number of phenols is 1. The van der Waals surface area contributed by atoms with Crippen LogP contribution < -0.4 is 5.43 Å². The summed E-state index contributed by atoms with van der Waals surface area (Å²) in [5.41, 5.74) is 4.06. The van der Waals surface area contributed by atoms with Crippen LogP contribution in [0.15, 0.2) is 46.2 Å². The van der Waals surface area contributed by atoms with Crippen molar-refractivity contribution >= 4 is 28.1 Å². The molecule has 1 heterocycles. The molecule has 0 unspecified atom stereocenters. The number of aromatic hydroxyl groups is 1. The molecule has 20 heavy (non-hydrogen) atoms. The van der Waals surface area contributed by atoms with Gasteiger partial charge in [-0.1, -0.05) is 12.1 Å². The van der Waals surface area contributed by atoms with Crippen LogP contribution in [-0.4, -0.2) is 22.2 Å². The quantitative estimate of drug-likeness (QED) is 0.669. The fraction of sp³-hybridized carbons (Fsp3) is 0.0714. The molecular formula is C14H12BrN3O2. The van der Waals surface area contributed by atoms with Crippen molar-refractivity contribution in [3.05, 3.63) is 57.8 Å². The second-order valence-corrected chi connectivity index (χ2v) is 5.02. The van der Waals surface area contributed by atoms with Gasteiger partial charge >= 0.3 is 0 Å². The lowest BCUT2D eigenvalue weighted by molar-refractivity contribution is 0.0954. The third kappa shape index (κ3) is 3.42. The van der Waals surface area contributed by atoms with E-state index in [4.69, 9.17) is 0 Å². The molecule has 2 aromatic rings. The number of phenolic OH excluding ortho intramolecular Hbond substituents is 1. The third-order valence-electron chi connectivity index (χ3n) is 2.61. The van der Waals surface area contributed by atoms with Crippen molar-refractivity contribution in [1.82, 2.24) is 10.4 Å². The Labute approximate surface area is 124 Å². The highest BCUT2D eigenvalue weighted by Gasteiger charge is 2.05. The first kappa shape index (κ1) is 14.2. The summed E-state index contributed by atoms with van der Waals surface area (Å²) in [4.78, 5) is 15.7. The molecule has 0 aliphatic heterocycles. The van der Waals surface area contributed by atoms with E-state index in [1.54, 1.807) is 37.4 Å². The Morgan fingerprint density at radius 3 is 3.00 bits per heavy atom. The molecule has 102 valence electrons. The van der Waals surface area contributed by atoms with Crippen LogP contribution in [0.2, 0.25) is 0 Å². The van der Waals surface area contributed by atoms with Crippen LogP contribution in [0.1, 0.15) is 21.5 Å². The maximum absolute atomic E-state index is 11.8. The predicted molar refractivity (Wildman–Crippen MR) is 79.8 cm³/mol. The Kier molecular flexibility index (Phi) is 4.47. The topological polar surface area (TPSA) is 74.6 Å². The minimum atomic E-state index is -0.373. The van der Waals surface area contributed by atoms with E-state index in [2.05, 4.69) is 31.4 Å². The fourth-order valence-corrected chi connectivity index (χ4v) is 1.91. The van der Waals surface area contributed by atoms with Gasteiger partial charge in [-0.05, 0) is 40.5 Å². The smallest absolute Gasteiger partial charge is 0.272 e. The predicted octanol–water partition coefficient (Wildman–Crippen LogP) is 2.62. The number of hydrazone groups is 1. The maximum Gasteiger partial charge on any atom is 0.272 e. The lowest BCUT2D eigenvalue weighted by Crippen LogP contribution is -2.17. The Balaban J connectivity index is 2.07. The van der Waals surface area contributed by atoms with Gasteiger partial charge in [0.05, 0.1) is 11.8 Å². The molecule has 0 aliphatic rings. The highest BCUT2D eigenvalue weighted by Crippen LogP contribution is 2.19. The van der Waals surface area contributed by atoms with Crippen LogP contribution in [0.5, 0.6) is 5.75 Å². The summed E-state index contributed by atoms with van der Waals surface area (Å²) in [7, 11) is 0. The minimum absolute atomic E-state index is 0.148. The molecule has 0 fully saturated rings. The van der Waals surface area contributed by atoms with Crippen molar-refractivity contribution in [2.24, 2.45) is 5.10 Å². The van der Waals surface area contributed by atoms with E-state index < -0.39 is 0 Å². The van der Waals surface area contributed by atoms with Crippen LogP contribution in [0.4, 0.5) is 0 Å². The van der Waals surface area contributed by atoms with E-state index in [0.717, 1.165) is 5.56 Å². The van der Waals surface area contributed by atoms with Gasteiger partial charge in [0.1, 0.15) is 5.75 Å². The zero-order chi connectivity index (χ0) is 14.5. The number of carbonyl (C=O) groups is 1. The molecule has 1 aromatic carbocycles. The highest BCUT2D eigenvalue weighted by atomic mass is 79.9. The van der Waals surface area contributed by atoms with Crippen molar-refractivity contribution in [2.75, 3.05) is 0 Å². The van der Waals surface area contributed by atoms with Gasteiger partial charge in [-0.15, -0.1) is 0 Å². The number of para-hydroxylation sites is 1. The molecule has 6 heteroatoms. The fourth-order valence-electron chi connectivity index (χ4n) is 1.55. The summed E-state index contributed by atoms with van der Waals surface area (Å²) in [5, 5.41) is 13.6. The normalized spacial score (nSPS) is 10.7. The van der Waals surface area contributed by atoms with Crippen molar-refractivity contribution < 1.29 is 9.90 Å². The molecule has 1 amide bonds. The lowest BCUT2D eigenvalue weighted by Gasteiger charge is -2.02. The van der Waals surface area contributed by atoms with Crippen LogP contribution in [-0.2, 0) is 0 Å². The van der Waals surface area contributed by atoms with Gasteiger partial charge < -0.3 is 5.11 Å². The number of carbonyl (C=O) groups excluding carboxylic acids is 1. The summed E-state index contributed by atoms with van der Waals surface area (Å²) < 4.78 is 0.713. The Morgan fingerprint density at radius 2 is 2.25 bits per heavy atom. The average Bonchev–Trinajstić information content (AvgIpc) is 2.43. The van der Waals surface area contributed by atoms with Gasteiger partial charge in [0.25, 0.3) is 5.91 Å². The molecule has 0 atom stereocenters. The number of aryl methyl sites for hydroxylation is 1. The van der Waals surface area contributed by atoms with Crippen molar-refractivity contribution in [3.63, 3.8) is 0 Å². The second kappa shape index (κ2) is 6.29. The Bertz CT molecular complexity index is 671. The van der Waals surface area contributed by atoms with E-state index in [-0.39, 0.29) is 11.7 Å². The van der Waals surface area contributed by atoms with Gasteiger partial charge in [-0.25, -0.2) is 5.43 Å². The largest absolute Gasteiger partial charge is 0.507 e. The molecule has 2 rings (SSSR count). The number of nitrogens with one attached hydrogen (secondary N) is 1. The van der Waals surface area contributed by atoms with Crippen LogP contribution >= 0.6 is 15.9 Å². The summed E-state index contributed by atoms with van der Waals surface area (Å²) in [6.07, 6.45) is 4.43. The van der Waals surface area contributed by atoms with E-state index in [1.165, 1.54) is 12.4 Å². The van der Waals surface area contributed by atoms with E-state index in [0.29, 0.717) is 15.6 Å². The number of amides is 1. The Morgan fingerprint density at radius 1 is 1.45 bits per heavy atom. The highest BCUT2D eigenvalue weighted by molar-refractivity contribution is 9.10. The molecule has 0 saturated heterocycles. The first-order chi connectivity index (χ1) is 9.58. The molecule has 0 radical (unpaired) electrons. The maximum atomic E-state index is 11.8. The first-order valence-electron chi connectivity index (χ1n) is 5.80. The number of rotatable bonds is 3. The molecule has 1 aromatic heterocycles. The number of pyridine rings is 1. The number of nitrogens with zero attached hydrogens (tertiary/aromatic N) is 2. The molecule has 0 bridgehead atoms. The minimum Gasteiger partial charge on any atom is -0.507 e. The summed E-state index contributed by atoms with van der Waals surface area (Å²) >= 11 is 3.24. The van der Waals surface area contributed by atoms with Crippen molar-refractivity contribution in [3.8, 4) is 5.75 Å². The van der Waals surface area contributed by atoms with Crippen molar-refractivity contribution in [1.29, 1.82) is 0 Å². The number of halogens is 1. The molecule has 2 N–H and O–H groups in total. The summed E-state index contributed by atoms with van der Waals surface area (Å²) in [6.45, 7) is 1.79. The standard InChI is InChI=1S/C14H12BrN3O2/c1-9-3-2-4-10(13(9)19)7-17-18-14(20)11-5-12(15)8-16-6-11/h2-8,19H,1H3,(H,18,20). The second-order valence-electron chi connectivity index (χ2n) is 4.10. The van der Waals surface area contributed by atoms with Gasteiger partial charge in [0.2, 0.25) is 0 Å². The number of hydrogen-bond donors (Lipinski definition) is 2. The van der Waals surface area contributed by atoms with E-state index >= 15 is 0 Å². The number of hydrogen-bond acceptors (Lipinski definition) is 4. The molecule has 0 spiro atoms. The van der Waals surface area contributed by atoms with Gasteiger partial charge in [0, 0.05) is 22.4 Å². The van der Waals surface area contributed by atoms with E-state index in [1.807, 2.05) is 0 Å². The molecule has 0 saturated carbocycles. The summed E-state index contributed by atoms with van der Waals surface area (Å²) in [6, 6.07) is 6.94. The first-order valence-corrected chi connectivity index (χ1v) is 6.60. The molecular weight excluding hydrogens is 322 g/mol. The van der Waals surface area contributed by atoms with Crippen molar-refractivity contribution in [2.45, 2.75) is 6.92 Å². The lowest BCUT2D eigenvalue weighted by atomic mass is 10.1. The van der Waals surface area contributed by atoms with Crippen LogP contribution in [0.25, 0.3) is 0 Å². The summed E-state index contributed by atoms with van der Waals surface area (Å²) in [5.74, 6) is -0.225. The zero-order valence-corrected chi connectivity index (χ0v) is 12.3. The molecule has 0 aliphatic carbocycles. The van der Waals surface area contributed by atoms with E-state index in [9.17, 15) is 9.90 Å². The van der Waals surface area contributed by atoms with Gasteiger partial charge in [-0.2, -0.15) is 5.10 Å². The number of benzene rings is 1. The Hall–Kier alpha value is -2.21. The monoisotopic (exact) mass is 333 g/mol. The zero-order valence-electron chi connectivity index (χ0n) is 10.7. The SMILES string of the molecule is Cc1cccc(C=NNC(=O)c2cncc(Br)c2)c1O.